The minimum absolute atomic E-state index is 0.545. The standard InChI is InChI=1S/C27H22N4O/c1-31-16-6-5-9-26(31)21-10-15-25-24(17-21)27(29-19-28-25)30-22-11-13-23(14-12-22)32-18-20-7-3-2-4-8-20/h2-17,19H,18H2,1H3/p+1. The monoisotopic (exact) mass is 419 g/mol. The predicted octanol–water partition coefficient (Wildman–Crippen LogP) is 5.44. The van der Waals surface area contributed by atoms with Crippen LogP contribution in [-0.2, 0) is 13.7 Å². The van der Waals surface area contributed by atoms with Crippen molar-refractivity contribution in [2.75, 3.05) is 5.32 Å². The lowest BCUT2D eigenvalue weighted by atomic mass is 10.1. The van der Waals surface area contributed by atoms with E-state index in [0.29, 0.717) is 6.61 Å². The summed E-state index contributed by atoms with van der Waals surface area (Å²) in [5, 5.41) is 4.40. The number of nitrogens with zero attached hydrogens (tertiary/aromatic N) is 3. The first kappa shape index (κ1) is 19.7. The maximum absolute atomic E-state index is 5.89. The van der Waals surface area contributed by atoms with E-state index >= 15 is 0 Å². The first-order chi connectivity index (χ1) is 15.8. The highest BCUT2D eigenvalue weighted by Gasteiger charge is 2.12. The molecule has 0 radical (unpaired) electrons. The Morgan fingerprint density at radius 3 is 2.47 bits per heavy atom. The van der Waals surface area contributed by atoms with Crippen LogP contribution in [0.1, 0.15) is 5.56 Å². The Hall–Kier alpha value is -4.25. The molecule has 0 saturated carbocycles. The summed E-state index contributed by atoms with van der Waals surface area (Å²) in [6, 6.07) is 30.5. The molecule has 0 atom stereocenters. The number of nitrogens with one attached hydrogen (secondary N) is 1. The van der Waals surface area contributed by atoms with E-state index in [0.717, 1.165) is 45.0 Å². The van der Waals surface area contributed by atoms with E-state index in [2.05, 4.69) is 50.2 Å². The molecule has 0 aliphatic rings. The van der Waals surface area contributed by atoms with Gasteiger partial charge in [0, 0.05) is 28.8 Å². The van der Waals surface area contributed by atoms with Gasteiger partial charge in [0.1, 0.15) is 31.5 Å². The maximum Gasteiger partial charge on any atom is 0.212 e. The Morgan fingerprint density at radius 1 is 0.844 bits per heavy atom. The van der Waals surface area contributed by atoms with Crippen molar-refractivity contribution in [2.24, 2.45) is 7.05 Å². The summed E-state index contributed by atoms with van der Waals surface area (Å²) in [6.45, 7) is 0.545. The highest BCUT2D eigenvalue weighted by Crippen LogP contribution is 2.28. The Morgan fingerprint density at radius 2 is 1.66 bits per heavy atom. The fourth-order valence-corrected chi connectivity index (χ4v) is 3.65. The van der Waals surface area contributed by atoms with E-state index in [1.54, 1.807) is 6.33 Å². The largest absolute Gasteiger partial charge is 0.489 e. The average molecular weight is 420 g/mol. The molecule has 32 heavy (non-hydrogen) atoms. The average Bonchev–Trinajstić information content (AvgIpc) is 2.85. The van der Waals surface area contributed by atoms with Crippen LogP contribution in [0.3, 0.4) is 0 Å². The zero-order chi connectivity index (χ0) is 21.8. The van der Waals surface area contributed by atoms with Gasteiger partial charge in [-0.1, -0.05) is 30.3 Å². The third kappa shape index (κ3) is 4.27. The van der Waals surface area contributed by atoms with Crippen molar-refractivity contribution in [3.05, 3.63) is 109 Å². The quantitative estimate of drug-likeness (QED) is 0.372. The number of fused-ring (bicyclic) bond motifs is 1. The van der Waals surface area contributed by atoms with Crippen molar-refractivity contribution in [1.29, 1.82) is 0 Å². The SMILES string of the molecule is C[n+]1ccccc1-c1ccc2ncnc(Nc3ccc(OCc4ccccc4)cc3)c2c1. The normalized spacial score (nSPS) is 10.8. The zero-order valence-electron chi connectivity index (χ0n) is 17.8. The van der Waals surface area contributed by atoms with Gasteiger partial charge in [0.2, 0.25) is 5.69 Å². The molecule has 2 heterocycles. The van der Waals surface area contributed by atoms with Crippen LogP contribution in [0.5, 0.6) is 5.75 Å². The van der Waals surface area contributed by atoms with Crippen molar-refractivity contribution in [3.8, 4) is 17.0 Å². The van der Waals surface area contributed by atoms with Gasteiger partial charge < -0.3 is 10.1 Å². The van der Waals surface area contributed by atoms with Gasteiger partial charge in [-0.3, -0.25) is 0 Å². The van der Waals surface area contributed by atoms with Gasteiger partial charge in [-0.25, -0.2) is 14.5 Å². The van der Waals surface area contributed by atoms with E-state index in [1.165, 1.54) is 0 Å². The molecule has 0 amide bonds. The topological polar surface area (TPSA) is 50.9 Å². The summed E-state index contributed by atoms with van der Waals surface area (Å²) in [5.41, 5.74) is 5.22. The first-order valence-corrected chi connectivity index (χ1v) is 10.5. The first-order valence-electron chi connectivity index (χ1n) is 10.5. The molecule has 2 aromatic heterocycles. The van der Waals surface area contributed by atoms with Crippen molar-refractivity contribution in [1.82, 2.24) is 9.97 Å². The third-order valence-electron chi connectivity index (χ3n) is 5.35. The Balaban J connectivity index is 1.37. The molecule has 0 saturated heterocycles. The fraction of sp³-hybridized carbons (Fsp3) is 0.0741. The number of hydrogen-bond acceptors (Lipinski definition) is 4. The van der Waals surface area contributed by atoms with Crippen LogP contribution in [0.4, 0.5) is 11.5 Å². The minimum atomic E-state index is 0.545. The van der Waals surface area contributed by atoms with E-state index in [9.17, 15) is 0 Å². The van der Waals surface area contributed by atoms with Crippen molar-refractivity contribution < 1.29 is 9.30 Å². The minimum Gasteiger partial charge on any atom is -0.489 e. The molecule has 3 aromatic carbocycles. The van der Waals surface area contributed by atoms with Gasteiger partial charge in [0.25, 0.3) is 0 Å². The third-order valence-corrected chi connectivity index (χ3v) is 5.35. The molecule has 0 fully saturated rings. The second-order valence-corrected chi connectivity index (χ2v) is 7.57. The van der Waals surface area contributed by atoms with Gasteiger partial charge in [0.15, 0.2) is 6.20 Å². The van der Waals surface area contributed by atoms with Gasteiger partial charge in [-0.05, 0) is 54.1 Å². The number of benzene rings is 3. The molecule has 0 aliphatic heterocycles. The summed E-state index contributed by atoms with van der Waals surface area (Å²) in [7, 11) is 2.04. The molecule has 0 unspecified atom stereocenters. The number of pyridine rings is 1. The van der Waals surface area contributed by atoms with Crippen LogP contribution in [0.15, 0.2) is 104 Å². The number of aromatic nitrogens is 3. The molecule has 5 rings (SSSR count). The summed E-state index contributed by atoms with van der Waals surface area (Å²) in [5.74, 6) is 1.60. The van der Waals surface area contributed by atoms with E-state index in [-0.39, 0.29) is 0 Å². The van der Waals surface area contributed by atoms with Gasteiger partial charge in [-0.15, -0.1) is 0 Å². The number of hydrogen-bond donors (Lipinski definition) is 1. The molecule has 0 aliphatic carbocycles. The summed E-state index contributed by atoms with van der Waals surface area (Å²) in [6.07, 6.45) is 3.63. The molecule has 1 N–H and O–H groups in total. The summed E-state index contributed by atoms with van der Waals surface area (Å²) < 4.78 is 7.99. The van der Waals surface area contributed by atoms with Crippen molar-refractivity contribution >= 4 is 22.4 Å². The lowest BCUT2D eigenvalue weighted by Crippen LogP contribution is -2.29. The summed E-state index contributed by atoms with van der Waals surface area (Å²) >= 11 is 0. The van der Waals surface area contributed by atoms with Crippen LogP contribution in [-0.4, -0.2) is 9.97 Å². The van der Waals surface area contributed by atoms with Crippen molar-refractivity contribution in [2.45, 2.75) is 6.61 Å². The van der Waals surface area contributed by atoms with Gasteiger partial charge >= 0.3 is 0 Å². The number of aryl methyl sites for hydroxylation is 1. The smallest absolute Gasteiger partial charge is 0.212 e. The second kappa shape index (κ2) is 8.86. The molecular weight excluding hydrogens is 396 g/mol. The summed E-state index contributed by atoms with van der Waals surface area (Å²) in [4.78, 5) is 8.93. The van der Waals surface area contributed by atoms with Gasteiger partial charge in [-0.2, -0.15) is 0 Å². The highest BCUT2D eigenvalue weighted by molar-refractivity contribution is 5.93. The fourth-order valence-electron chi connectivity index (χ4n) is 3.65. The van der Waals surface area contributed by atoms with E-state index < -0.39 is 0 Å². The van der Waals surface area contributed by atoms with E-state index in [1.807, 2.05) is 73.9 Å². The molecule has 156 valence electrons. The van der Waals surface area contributed by atoms with Crippen molar-refractivity contribution in [3.63, 3.8) is 0 Å². The second-order valence-electron chi connectivity index (χ2n) is 7.57. The van der Waals surface area contributed by atoms with Crippen LogP contribution >= 0.6 is 0 Å². The number of ether oxygens (including phenoxy) is 1. The molecule has 5 aromatic rings. The van der Waals surface area contributed by atoms with Crippen LogP contribution in [0.25, 0.3) is 22.2 Å². The molecule has 0 bridgehead atoms. The lowest BCUT2D eigenvalue weighted by Gasteiger charge is -2.11. The van der Waals surface area contributed by atoms with Crippen LogP contribution in [0.2, 0.25) is 0 Å². The van der Waals surface area contributed by atoms with Crippen LogP contribution < -0.4 is 14.6 Å². The molecule has 5 nitrogen and oxygen atoms in total. The Kier molecular flexibility index (Phi) is 5.45. The Labute approximate surface area is 187 Å². The maximum atomic E-state index is 5.89. The van der Waals surface area contributed by atoms with E-state index in [4.69, 9.17) is 4.74 Å². The lowest BCUT2D eigenvalue weighted by molar-refractivity contribution is -0.660. The predicted molar refractivity (Wildman–Crippen MR) is 127 cm³/mol. The van der Waals surface area contributed by atoms with Crippen LogP contribution in [0, 0.1) is 0 Å². The number of anilines is 2. The molecular formula is C27H23N4O+. The zero-order valence-corrected chi connectivity index (χ0v) is 17.8. The molecule has 0 spiro atoms. The highest BCUT2D eigenvalue weighted by atomic mass is 16.5. The van der Waals surface area contributed by atoms with Gasteiger partial charge in [0.05, 0.1) is 5.52 Å². The Bertz CT molecular complexity index is 1350. The number of rotatable bonds is 6. The molecule has 5 heteroatoms.